The third-order valence-electron chi connectivity index (χ3n) is 3.87. The van der Waals surface area contributed by atoms with E-state index in [-0.39, 0.29) is 21.8 Å². The van der Waals surface area contributed by atoms with Gasteiger partial charge in [-0.25, -0.2) is 12.8 Å². The smallest absolute Gasteiger partial charge is 0.261 e. The quantitative estimate of drug-likeness (QED) is 0.658. The van der Waals surface area contributed by atoms with Gasteiger partial charge < -0.3 is 10.1 Å². The van der Waals surface area contributed by atoms with Crippen LogP contribution in [0.3, 0.4) is 0 Å². The maximum Gasteiger partial charge on any atom is 0.261 e. The summed E-state index contributed by atoms with van der Waals surface area (Å²) in [7, 11) is -2.36. The van der Waals surface area contributed by atoms with Gasteiger partial charge in [0.2, 0.25) is 0 Å². The van der Waals surface area contributed by atoms with Crippen molar-refractivity contribution in [3.05, 3.63) is 84.2 Å². The number of halogens is 1. The fourth-order valence-corrected chi connectivity index (χ4v) is 3.50. The van der Waals surface area contributed by atoms with Crippen molar-refractivity contribution in [3.8, 4) is 5.75 Å². The van der Waals surface area contributed by atoms with Gasteiger partial charge in [-0.3, -0.25) is 9.52 Å². The summed E-state index contributed by atoms with van der Waals surface area (Å²) >= 11 is 0. The van der Waals surface area contributed by atoms with Gasteiger partial charge in [0.1, 0.15) is 11.6 Å². The number of rotatable bonds is 6. The lowest BCUT2D eigenvalue weighted by atomic mass is 10.2. The average molecular weight is 400 g/mol. The van der Waals surface area contributed by atoms with Crippen molar-refractivity contribution in [1.29, 1.82) is 0 Å². The number of hydrogen-bond donors (Lipinski definition) is 2. The zero-order valence-corrected chi connectivity index (χ0v) is 15.7. The summed E-state index contributed by atoms with van der Waals surface area (Å²) in [6.07, 6.45) is 0. The molecule has 0 saturated heterocycles. The van der Waals surface area contributed by atoms with Crippen LogP contribution < -0.4 is 14.8 Å². The highest BCUT2D eigenvalue weighted by atomic mass is 32.2. The molecule has 0 aromatic heterocycles. The molecule has 6 nitrogen and oxygen atoms in total. The number of nitrogens with one attached hydrogen (secondary N) is 2. The summed E-state index contributed by atoms with van der Waals surface area (Å²) in [5.74, 6) is -0.589. The van der Waals surface area contributed by atoms with E-state index in [1.54, 1.807) is 6.07 Å². The zero-order chi connectivity index (χ0) is 20.1. The monoisotopic (exact) mass is 400 g/mol. The van der Waals surface area contributed by atoms with E-state index in [1.165, 1.54) is 73.8 Å². The van der Waals surface area contributed by atoms with Gasteiger partial charge in [0.15, 0.2) is 0 Å². The van der Waals surface area contributed by atoms with E-state index >= 15 is 0 Å². The van der Waals surface area contributed by atoms with Crippen LogP contribution in [-0.4, -0.2) is 21.4 Å². The van der Waals surface area contributed by atoms with Crippen LogP contribution in [-0.2, 0) is 10.0 Å². The molecule has 0 radical (unpaired) electrons. The van der Waals surface area contributed by atoms with Gasteiger partial charge in [-0.05, 0) is 54.6 Å². The van der Waals surface area contributed by atoms with E-state index in [4.69, 9.17) is 4.74 Å². The molecule has 144 valence electrons. The summed E-state index contributed by atoms with van der Waals surface area (Å²) in [5.41, 5.74) is 0.423. The number of ether oxygens (including phenoxy) is 1. The molecule has 0 fully saturated rings. The van der Waals surface area contributed by atoms with Gasteiger partial charge >= 0.3 is 0 Å². The van der Waals surface area contributed by atoms with Crippen LogP contribution in [0.2, 0.25) is 0 Å². The van der Waals surface area contributed by atoms with E-state index in [2.05, 4.69) is 10.0 Å². The second-order valence-electron chi connectivity index (χ2n) is 5.80. The first kappa shape index (κ1) is 19.4. The Morgan fingerprint density at radius 3 is 2.36 bits per heavy atom. The van der Waals surface area contributed by atoms with Crippen LogP contribution >= 0.6 is 0 Å². The van der Waals surface area contributed by atoms with Crippen molar-refractivity contribution in [3.63, 3.8) is 0 Å². The number of sulfonamides is 1. The molecule has 0 heterocycles. The molecule has 3 aromatic carbocycles. The van der Waals surface area contributed by atoms with Gasteiger partial charge in [0.25, 0.3) is 15.9 Å². The second-order valence-corrected chi connectivity index (χ2v) is 7.48. The molecule has 1 amide bonds. The Kier molecular flexibility index (Phi) is 5.60. The maximum atomic E-state index is 13.7. The molecule has 0 saturated carbocycles. The third kappa shape index (κ3) is 4.47. The molecule has 0 atom stereocenters. The number of carbonyl (C=O) groups excluding carboxylic acids is 1. The van der Waals surface area contributed by atoms with E-state index in [9.17, 15) is 17.6 Å². The molecule has 0 unspecified atom stereocenters. The van der Waals surface area contributed by atoms with E-state index in [1.807, 2.05) is 0 Å². The first-order chi connectivity index (χ1) is 13.4. The SMILES string of the molecule is COc1ccc(S(=O)(=O)Nc2cccc(C(=O)Nc3ccccc3F)c2)cc1. The van der Waals surface area contributed by atoms with Crippen molar-refractivity contribution in [1.82, 2.24) is 0 Å². The zero-order valence-electron chi connectivity index (χ0n) is 14.8. The number of carbonyl (C=O) groups is 1. The lowest BCUT2D eigenvalue weighted by Gasteiger charge is -2.11. The Morgan fingerprint density at radius 2 is 1.68 bits per heavy atom. The van der Waals surface area contributed by atoms with Crippen LogP contribution in [0.1, 0.15) is 10.4 Å². The first-order valence-electron chi connectivity index (χ1n) is 8.22. The van der Waals surface area contributed by atoms with Crippen molar-refractivity contribution < 1.29 is 22.3 Å². The fraction of sp³-hybridized carbons (Fsp3) is 0.0500. The fourth-order valence-electron chi connectivity index (χ4n) is 2.45. The topological polar surface area (TPSA) is 84.5 Å². The Balaban J connectivity index is 1.78. The maximum absolute atomic E-state index is 13.7. The summed E-state index contributed by atoms with van der Waals surface area (Å²) in [5, 5.41) is 2.46. The van der Waals surface area contributed by atoms with Crippen LogP contribution in [0.5, 0.6) is 5.75 Å². The van der Waals surface area contributed by atoms with Gasteiger partial charge in [-0.2, -0.15) is 0 Å². The lowest BCUT2D eigenvalue weighted by molar-refractivity contribution is 0.102. The molecular weight excluding hydrogens is 383 g/mol. The molecule has 0 aliphatic rings. The number of para-hydroxylation sites is 1. The van der Waals surface area contributed by atoms with E-state index < -0.39 is 21.7 Å². The standard InChI is InChI=1S/C20H17FN2O4S/c1-27-16-9-11-17(12-10-16)28(25,26)23-15-6-4-5-14(13-15)20(24)22-19-8-3-2-7-18(19)21/h2-13,23H,1H3,(H,22,24). The number of amides is 1. The molecule has 28 heavy (non-hydrogen) atoms. The van der Waals surface area contributed by atoms with Crippen molar-refractivity contribution in [2.75, 3.05) is 17.1 Å². The van der Waals surface area contributed by atoms with Gasteiger partial charge in [0.05, 0.1) is 17.7 Å². The molecular formula is C20H17FN2O4S. The molecule has 8 heteroatoms. The predicted molar refractivity (Wildman–Crippen MR) is 105 cm³/mol. The molecule has 0 aliphatic carbocycles. The normalized spacial score (nSPS) is 10.9. The number of anilines is 2. The van der Waals surface area contributed by atoms with Gasteiger partial charge in [-0.15, -0.1) is 0 Å². The molecule has 3 rings (SSSR count). The summed E-state index contributed by atoms with van der Waals surface area (Å²) in [4.78, 5) is 12.4. The van der Waals surface area contributed by atoms with Crippen molar-refractivity contribution >= 4 is 27.3 Å². The Bertz CT molecular complexity index is 1100. The molecule has 0 bridgehead atoms. The van der Waals surface area contributed by atoms with Crippen LogP contribution in [0.4, 0.5) is 15.8 Å². The average Bonchev–Trinajstić information content (AvgIpc) is 2.69. The highest BCUT2D eigenvalue weighted by molar-refractivity contribution is 7.92. The largest absolute Gasteiger partial charge is 0.497 e. The Labute approximate surface area is 162 Å². The lowest BCUT2D eigenvalue weighted by Crippen LogP contribution is -2.15. The predicted octanol–water partition coefficient (Wildman–Crippen LogP) is 3.89. The van der Waals surface area contributed by atoms with Crippen LogP contribution in [0, 0.1) is 5.82 Å². The molecule has 3 aromatic rings. The van der Waals surface area contributed by atoms with Crippen LogP contribution in [0.15, 0.2) is 77.7 Å². The summed E-state index contributed by atoms with van der Waals surface area (Å²) in [6.45, 7) is 0. The molecule has 0 aliphatic heterocycles. The number of methoxy groups -OCH3 is 1. The molecule has 0 spiro atoms. The summed E-state index contributed by atoms with van der Waals surface area (Å²) < 4.78 is 46.2. The minimum Gasteiger partial charge on any atom is -0.497 e. The second kappa shape index (κ2) is 8.10. The molecule has 2 N–H and O–H groups in total. The Hall–Kier alpha value is -3.39. The number of hydrogen-bond acceptors (Lipinski definition) is 4. The minimum absolute atomic E-state index is 0.0386. The Morgan fingerprint density at radius 1 is 0.964 bits per heavy atom. The first-order valence-corrected chi connectivity index (χ1v) is 9.70. The highest BCUT2D eigenvalue weighted by Crippen LogP contribution is 2.21. The highest BCUT2D eigenvalue weighted by Gasteiger charge is 2.16. The minimum atomic E-state index is -3.84. The van der Waals surface area contributed by atoms with E-state index in [0.717, 1.165) is 0 Å². The van der Waals surface area contributed by atoms with Crippen molar-refractivity contribution in [2.45, 2.75) is 4.90 Å². The third-order valence-corrected chi connectivity index (χ3v) is 5.27. The van der Waals surface area contributed by atoms with Crippen LogP contribution in [0.25, 0.3) is 0 Å². The number of benzene rings is 3. The van der Waals surface area contributed by atoms with Gasteiger partial charge in [0, 0.05) is 11.3 Å². The van der Waals surface area contributed by atoms with E-state index in [0.29, 0.717) is 5.75 Å². The van der Waals surface area contributed by atoms with Crippen molar-refractivity contribution in [2.24, 2.45) is 0 Å². The van der Waals surface area contributed by atoms with Gasteiger partial charge in [-0.1, -0.05) is 18.2 Å². The summed E-state index contributed by atoms with van der Waals surface area (Å²) in [6, 6.07) is 17.6.